The Kier molecular flexibility index (Phi) is 3.15. The van der Waals surface area contributed by atoms with Crippen LogP contribution in [0.2, 0.25) is 5.02 Å². The van der Waals surface area contributed by atoms with E-state index in [1.807, 2.05) is 6.92 Å². The van der Waals surface area contributed by atoms with Crippen molar-refractivity contribution in [1.82, 2.24) is 5.16 Å². The lowest BCUT2D eigenvalue weighted by Gasteiger charge is -2.05. The largest absolute Gasteiger partial charge is 0.369 e. The third kappa shape index (κ3) is 2.65. The first-order valence-corrected chi connectivity index (χ1v) is 5.44. The smallest absolute Gasteiger partial charge is 0.221 e. The third-order valence-corrected chi connectivity index (χ3v) is 2.57. The van der Waals surface area contributed by atoms with E-state index in [0.717, 1.165) is 16.8 Å². The van der Waals surface area contributed by atoms with Gasteiger partial charge in [-0.25, -0.2) is 0 Å². The Hall–Kier alpha value is -1.81. The summed E-state index contributed by atoms with van der Waals surface area (Å²) in [6.07, 6.45) is 0.145. The van der Waals surface area contributed by atoms with Crippen molar-refractivity contribution in [2.45, 2.75) is 13.3 Å². The number of amides is 1. The average Bonchev–Trinajstić information content (AvgIpc) is 2.67. The third-order valence-electron chi connectivity index (χ3n) is 2.33. The number of hydrogen-bond acceptors (Lipinski definition) is 3. The molecule has 0 aliphatic carbocycles. The zero-order chi connectivity index (χ0) is 12.4. The zero-order valence-electron chi connectivity index (χ0n) is 9.24. The number of hydrogen-bond donors (Lipinski definition) is 1. The number of benzene rings is 1. The van der Waals surface area contributed by atoms with Crippen LogP contribution in [0.1, 0.15) is 11.3 Å². The van der Waals surface area contributed by atoms with Gasteiger partial charge in [-0.2, -0.15) is 0 Å². The predicted octanol–water partition coefficient (Wildman–Crippen LogP) is 2.33. The van der Waals surface area contributed by atoms with Crippen molar-refractivity contribution in [1.29, 1.82) is 0 Å². The van der Waals surface area contributed by atoms with Crippen molar-refractivity contribution < 1.29 is 9.32 Å². The molecule has 88 valence electrons. The van der Waals surface area contributed by atoms with Crippen LogP contribution in [0.15, 0.2) is 28.8 Å². The van der Waals surface area contributed by atoms with Crippen molar-refractivity contribution in [3.8, 4) is 11.3 Å². The molecule has 0 saturated carbocycles. The number of carbonyl (C=O) groups excluding carboxylic acids is 1. The molecule has 2 aromatic rings. The van der Waals surface area contributed by atoms with Crippen LogP contribution in [-0.4, -0.2) is 11.1 Å². The van der Waals surface area contributed by atoms with Gasteiger partial charge in [-0.05, 0) is 24.6 Å². The second kappa shape index (κ2) is 4.59. The lowest BCUT2D eigenvalue weighted by Crippen LogP contribution is -2.14. The summed E-state index contributed by atoms with van der Waals surface area (Å²) in [5.41, 5.74) is 7.49. The number of nitrogens with zero attached hydrogens (tertiary/aromatic N) is 1. The minimum atomic E-state index is -0.398. The lowest BCUT2D eigenvalue weighted by molar-refractivity contribution is -0.117. The lowest BCUT2D eigenvalue weighted by atomic mass is 10.0. The minimum Gasteiger partial charge on any atom is -0.369 e. The Morgan fingerprint density at radius 3 is 2.82 bits per heavy atom. The first-order chi connectivity index (χ1) is 8.06. The summed E-state index contributed by atoms with van der Waals surface area (Å²) in [6.45, 7) is 1.82. The number of carbonyl (C=O) groups is 1. The van der Waals surface area contributed by atoms with Crippen LogP contribution < -0.4 is 5.73 Å². The van der Waals surface area contributed by atoms with Crippen LogP contribution in [0.5, 0.6) is 0 Å². The molecule has 0 fully saturated rings. The van der Waals surface area contributed by atoms with Crippen LogP contribution in [0.4, 0.5) is 0 Å². The second-order valence-corrected chi connectivity index (χ2v) is 4.21. The maximum absolute atomic E-state index is 11.0. The quantitative estimate of drug-likeness (QED) is 0.909. The van der Waals surface area contributed by atoms with Gasteiger partial charge in [-0.1, -0.05) is 22.8 Å². The molecule has 0 radical (unpaired) electrons. The molecular weight excluding hydrogens is 240 g/mol. The van der Waals surface area contributed by atoms with E-state index >= 15 is 0 Å². The van der Waals surface area contributed by atoms with Crippen LogP contribution >= 0.6 is 11.6 Å². The fraction of sp³-hybridized carbons (Fsp3) is 0.167. The summed E-state index contributed by atoms with van der Waals surface area (Å²) in [4.78, 5) is 11.0. The molecule has 2 N–H and O–H groups in total. The normalized spacial score (nSPS) is 10.5. The molecule has 17 heavy (non-hydrogen) atoms. The van der Waals surface area contributed by atoms with Crippen molar-refractivity contribution >= 4 is 17.5 Å². The van der Waals surface area contributed by atoms with E-state index in [1.165, 1.54) is 0 Å². The van der Waals surface area contributed by atoms with Gasteiger partial charge >= 0.3 is 0 Å². The summed E-state index contributed by atoms with van der Waals surface area (Å²) < 4.78 is 5.17. The molecule has 4 nitrogen and oxygen atoms in total. The van der Waals surface area contributed by atoms with Crippen LogP contribution in [0, 0.1) is 6.92 Å². The number of nitrogens with two attached hydrogens (primary N) is 1. The Labute approximate surface area is 103 Å². The molecule has 1 aromatic heterocycles. The van der Waals surface area contributed by atoms with Gasteiger partial charge in [0.25, 0.3) is 0 Å². The Morgan fingerprint density at radius 2 is 2.24 bits per heavy atom. The topological polar surface area (TPSA) is 69.1 Å². The number of primary amides is 1. The molecule has 0 aliphatic rings. The summed E-state index contributed by atoms with van der Waals surface area (Å²) in [5, 5.41) is 4.38. The van der Waals surface area contributed by atoms with Gasteiger partial charge in [-0.3, -0.25) is 4.79 Å². The van der Waals surface area contributed by atoms with Crippen LogP contribution in [-0.2, 0) is 11.2 Å². The molecule has 0 bridgehead atoms. The standard InChI is InChI=1S/C12H11ClN2O2/c1-7-4-11(17-15-7)10-6-9(13)3-2-8(10)5-12(14)16/h2-4,6H,5H2,1H3,(H2,14,16). The van der Waals surface area contributed by atoms with Crippen molar-refractivity contribution in [2.75, 3.05) is 0 Å². The molecule has 0 atom stereocenters. The Bertz CT molecular complexity index is 563. The van der Waals surface area contributed by atoms with E-state index in [0.29, 0.717) is 10.8 Å². The number of halogens is 1. The van der Waals surface area contributed by atoms with Gasteiger partial charge < -0.3 is 10.3 Å². The second-order valence-electron chi connectivity index (χ2n) is 3.78. The molecule has 0 unspecified atom stereocenters. The summed E-state index contributed by atoms with van der Waals surface area (Å²) >= 11 is 5.93. The fourth-order valence-corrected chi connectivity index (χ4v) is 1.78. The number of aromatic nitrogens is 1. The predicted molar refractivity (Wildman–Crippen MR) is 64.6 cm³/mol. The fourth-order valence-electron chi connectivity index (χ4n) is 1.61. The highest BCUT2D eigenvalue weighted by Gasteiger charge is 2.12. The van der Waals surface area contributed by atoms with Crippen LogP contribution in [0.3, 0.4) is 0 Å². The summed E-state index contributed by atoms with van der Waals surface area (Å²) in [6, 6.07) is 7.00. The average molecular weight is 251 g/mol. The van der Waals surface area contributed by atoms with E-state index in [4.69, 9.17) is 21.9 Å². The van der Waals surface area contributed by atoms with Gasteiger partial charge in [0.15, 0.2) is 5.76 Å². The Balaban J connectivity index is 2.50. The molecule has 5 heteroatoms. The van der Waals surface area contributed by atoms with Crippen molar-refractivity contribution in [3.63, 3.8) is 0 Å². The highest BCUT2D eigenvalue weighted by Crippen LogP contribution is 2.27. The number of aryl methyl sites for hydroxylation is 1. The van der Waals surface area contributed by atoms with Gasteiger partial charge in [0, 0.05) is 16.7 Å². The van der Waals surface area contributed by atoms with Crippen molar-refractivity contribution in [3.05, 3.63) is 40.5 Å². The van der Waals surface area contributed by atoms with Gasteiger partial charge in [-0.15, -0.1) is 0 Å². The van der Waals surface area contributed by atoms with Gasteiger partial charge in [0.1, 0.15) is 0 Å². The van der Waals surface area contributed by atoms with E-state index in [2.05, 4.69) is 5.16 Å². The molecule has 0 spiro atoms. The maximum atomic E-state index is 11.0. The first kappa shape index (κ1) is 11.7. The molecule has 0 saturated heterocycles. The molecule has 1 aromatic carbocycles. The van der Waals surface area contributed by atoms with Crippen molar-refractivity contribution in [2.24, 2.45) is 5.73 Å². The SMILES string of the molecule is Cc1cc(-c2cc(Cl)ccc2CC(N)=O)on1. The van der Waals surface area contributed by atoms with E-state index in [1.54, 1.807) is 24.3 Å². The molecular formula is C12H11ClN2O2. The molecule has 1 heterocycles. The summed E-state index contributed by atoms with van der Waals surface area (Å²) in [7, 11) is 0. The van der Waals surface area contributed by atoms with Crippen LogP contribution in [0.25, 0.3) is 11.3 Å². The van der Waals surface area contributed by atoms with E-state index in [-0.39, 0.29) is 6.42 Å². The first-order valence-electron chi connectivity index (χ1n) is 5.06. The molecule has 0 aliphatic heterocycles. The summed E-state index contributed by atoms with van der Waals surface area (Å²) in [5.74, 6) is 0.186. The van der Waals surface area contributed by atoms with Gasteiger partial charge in [0.05, 0.1) is 12.1 Å². The van der Waals surface area contributed by atoms with Gasteiger partial charge in [0.2, 0.25) is 5.91 Å². The molecule has 1 amide bonds. The highest BCUT2D eigenvalue weighted by molar-refractivity contribution is 6.30. The van der Waals surface area contributed by atoms with E-state index < -0.39 is 5.91 Å². The maximum Gasteiger partial charge on any atom is 0.221 e. The minimum absolute atomic E-state index is 0.145. The number of rotatable bonds is 3. The molecule has 2 rings (SSSR count). The van der Waals surface area contributed by atoms with E-state index in [9.17, 15) is 4.79 Å². The monoisotopic (exact) mass is 250 g/mol. The Morgan fingerprint density at radius 1 is 1.47 bits per heavy atom. The highest BCUT2D eigenvalue weighted by atomic mass is 35.5. The zero-order valence-corrected chi connectivity index (χ0v) is 9.99.